The zero-order valence-corrected chi connectivity index (χ0v) is 15.2. The maximum absolute atomic E-state index is 14.5. The van der Waals surface area contributed by atoms with E-state index >= 15 is 0 Å². The Bertz CT molecular complexity index is 1170. The molecular formula is C23H18F2N2O. The van der Waals surface area contributed by atoms with Crippen molar-refractivity contribution in [2.45, 2.75) is 6.42 Å². The molecule has 1 heterocycles. The van der Waals surface area contributed by atoms with Gasteiger partial charge in [-0.1, -0.05) is 48.5 Å². The second-order valence-corrected chi connectivity index (χ2v) is 6.68. The van der Waals surface area contributed by atoms with E-state index < -0.39 is 11.6 Å². The van der Waals surface area contributed by atoms with Crippen LogP contribution in [0.4, 0.5) is 14.5 Å². The van der Waals surface area contributed by atoms with Gasteiger partial charge >= 0.3 is 0 Å². The Labute approximate surface area is 161 Å². The van der Waals surface area contributed by atoms with Crippen LogP contribution in [0.25, 0.3) is 22.0 Å². The summed E-state index contributed by atoms with van der Waals surface area (Å²) in [4.78, 5) is 12.7. The lowest BCUT2D eigenvalue weighted by molar-refractivity contribution is -0.115. The van der Waals surface area contributed by atoms with Crippen LogP contribution in [0.3, 0.4) is 0 Å². The fourth-order valence-corrected chi connectivity index (χ4v) is 3.47. The predicted octanol–water partition coefficient (Wildman–Crippen LogP) is 5.30. The molecule has 1 N–H and O–H groups in total. The van der Waals surface area contributed by atoms with Crippen LogP contribution in [0.1, 0.15) is 5.56 Å². The highest BCUT2D eigenvalue weighted by Crippen LogP contribution is 2.32. The number of rotatable bonds is 4. The monoisotopic (exact) mass is 376 g/mol. The van der Waals surface area contributed by atoms with E-state index in [0.29, 0.717) is 11.1 Å². The van der Waals surface area contributed by atoms with Gasteiger partial charge in [0.1, 0.15) is 11.6 Å². The molecule has 4 rings (SSSR count). The molecule has 0 aliphatic carbocycles. The molecule has 140 valence electrons. The van der Waals surface area contributed by atoms with Gasteiger partial charge in [0.2, 0.25) is 5.91 Å². The van der Waals surface area contributed by atoms with E-state index in [2.05, 4.69) is 5.32 Å². The first-order valence-corrected chi connectivity index (χ1v) is 8.90. The van der Waals surface area contributed by atoms with Crippen molar-refractivity contribution in [3.8, 4) is 11.1 Å². The number of carbonyl (C=O) groups excluding carboxylic acids is 1. The molecule has 0 radical (unpaired) electrons. The maximum Gasteiger partial charge on any atom is 0.228 e. The first-order chi connectivity index (χ1) is 13.5. The summed E-state index contributed by atoms with van der Waals surface area (Å²) in [5, 5.41) is 3.61. The third-order valence-corrected chi connectivity index (χ3v) is 4.73. The summed E-state index contributed by atoms with van der Waals surface area (Å²) >= 11 is 0. The number of para-hydroxylation sites is 1. The van der Waals surface area contributed by atoms with Gasteiger partial charge in [0.15, 0.2) is 0 Å². The Kier molecular flexibility index (Phi) is 4.65. The predicted molar refractivity (Wildman–Crippen MR) is 107 cm³/mol. The minimum Gasteiger partial charge on any atom is -0.350 e. The molecule has 0 atom stereocenters. The van der Waals surface area contributed by atoms with Gasteiger partial charge in [-0.3, -0.25) is 4.79 Å². The number of aromatic nitrogens is 1. The van der Waals surface area contributed by atoms with Gasteiger partial charge in [-0.2, -0.15) is 0 Å². The minimum atomic E-state index is -0.801. The number of benzene rings is 3. The second-order valence-electron chi connectivity index (χ2n) is 6.68. The SMILES string of the molecule is Cn1cc(CC(=O)Nc2c(F)cc(F)cc2-c2ccccc2)c2ccccc21. The van der Waals surface area contributed by atoms with Gasteiger partial charge in [0, 0.05) is 35.8 Å². The second kappa shape index (κ2) is 7.27. The van der Waals surface area contributed by atoms with Gasteiger partial charge in [-0.15, -0.1) is 0 Å². The normalized spacial score (nSPS) is 11.0. The smallest absolute Gasteiger partial charge is 0.228 e. The zero-order valence-electron chi connectivity index (χ0n) is 15.2. The molecule has 3 nitrogen and oxygen atoms in total. The molecule has 0 fully saturated rings. The molecule has 3 aromatic carbocycles. The van der Waals surface area contributed by atoms with E-state index in [9.17, 15) is 13.6 Å². The van der Waals surface area contributed by atoms with Crippen LogP contribution in [0, 0.1) is 11.6 Å². The molecule has 5 heteroatoms. The van der Waals surface area contributed by atoms with E-state index in [0.717, 1.165) is 22.5 Å². The summed E-state index contributed by atoms with van der Waals surface area (Å²) in [6.45, 7) is 0. The van der Waals surface area contributed by atoms with Gasteiger partial charge in [-0.05, 0) is 23.3 Å². The summed E-state index contributed by atoms with van der Waals surface area (Å²) in [7, 11) is 1.91. The van der Waals surface area contributed by atoms with E-state index in [1.54, 1.807) is 24.3 Å². The molecule has 4 aromatic rings. The Morgan fingerprint density at radius 1 is 1.00 bits per heavy atom. The first kappa shape index (κ1) is 17.9. The van der Waals surface area contributed by atoms with Crippen LogP contribution in [0.5, 0.6) is 0 Å². The van der Waals surface area contributed by atoms with Crippen LogP contribution in [-0.4, -0.2) is 10.5 Å². The lowest BCUT2D eigenvalue weighted by Gasteiger charge is -2.13. The number of hydrogen-bond donors (Lipinski definition) is 1. The number of halogens is 2. The average molecular weight is 376 g/mol. The summed E-state index contributed by atoms with van der Waals surface area (Å²) in [5.74, 6) is -1.85. The van der Waals surface area contributed by atoms with Crippen molar-refractivity contribution in [3.05, 3.63) is 90.1 Å². The van der Waals surface area contributed by atoms with Gasteiger partial charge in [0.05, 0.1) is 12.1 Å². The van der Waals surface area contributed by atoms with Crippen LogP contribution < -0.4 is 5.32 Å². The van der Waals surface area contributed by atoms with Crippen molar-refractivity contribution < 1.29 is 13.6 Å². The Balaban J connectivity index is 1.66. The lowest BCUT2D eigenvalue weighted by atomic mass is 10.0. The molecule has 1 aromatic heterocycles. The zero-order chi connectivity index (χ0) is 19.7. The summed E-state index contributed by atoms with van der Waals surface area (Å²) in [5.41, 5.74) is 2.78. The number of amides is 1. The molecule has 0 saturated carbocycles. The molecule has 0 spiro atoms. The highest BCUT2D eigenvalue weighted by atomic mass is 19.1. The largest absolute Gasteiger partial charge is 0.350 e. The lowest BCUT2D eigenvalue weighted by Crippen LogP contribution is -2.16. The molecule has 0 aliphatic heterocycles. The van der Waals surface area contributed by atoms with Crippen LogP contribution in [0.2, 0.25) is 0 Å². The molecule has 0 bridgehead atoms. The third-order valence-electron chi connectivity index (χ3n) is 4.73. The van der Waals surface area contributed by atoms with Crippen molar-refractivity contribution in [1.82, 2.24) is 4.57 Å². The van der Waals surface area contributed by atoms with Crippen molar-refractivity contribution in [2.24, 2.45) is 7.05 Å². The fraction of sp³-hybridized carbons (Fsp3) is 0.0870. The standard InChI is InChI=1S/C23H18F2N2O/c1-27-14-16(18-9-5-6-10-21(18)27)11-22(28)26-23-19(12-17(24)13-20(23)25)15-7-3-2-4-8-15/h2-10,12-14H,11H2,1H3,(H,26,28). The summed E-state index contributed by atoms with van der Waals surface area (Å²) in [6.07, 6.45) is 1.98. The molecule has 0 unspecified atom stereocenters. The number of anilines is 1. The van der Waals surface area contributed by atoms with Gasteiger partial charge < -0.3 is 9.88 Å². The molecular weight excluding hydrogens is 358 g/mol. The van der Waals surface area contributed by atoms with Crippen LogP contribution in [0.15, 0.2) is 72.9 Å². The molecule has 0 aliphatic rings. The number of nitrogens with one attached hydrogen (secondary N) is 1. The van der Waals surface area contributed by atoms with Crippen LogP contribution >= 0.6 is 0 Å². The maximum atomic E-state index is 14.5. The number of carbonyl (C=O) groups is 1. The van der Waals surface area contributed by atoms with E-state index in [1.807, 2.05) is 48.1 Å². The fourth-order valence-electron chi connectivity index (χ4n) is 3.47. The van der Waals surface area contributed by atoms with Crippen molar-refractivity contribution in [2.75, 3.05) is 5.32 Å². The van der Waals surface area contributed by atoms with Crippen molar-refractivity contribution >= 4 is 22.5 Å². The number of aryl methyl sites for hydroxylation is 1. The third kappa shape index (κ3) is 3.39. The van der Waals surface area contributed by atoms with Gasteiger partial charge in [-0.25, -0.2) is 8.78 Å². The minimum absolute atomic E-state index is 0.0159. The summed E-state index contributed by atoms with van der Waals surface area (Å²) in [6, 6.07) is 18.6. The van der Waals surface area contributed by atoms with Crippen LogP contribution in [-0.2, 0) is 18.3 Å². The number of nitrogens with zero attached hydrogens (tertiary/aromatic N) is 1. The molecule has 1 amide bonds. The number of fused-ring (bicyclic) bond motifs is 1. The average Bonchev–Trinajstić information content (AvgIpc) is 3.00. The van der Waals surface area contributed by atoms with Crippen molar-refractivity contribution in [3.63, 3.8) is 0 Å². The number of hydrogen-bond acceptors (Lipinski definition) is 1. The topological polar surface area (TPSA) is 34.0 Å². The molecule has 0 saturated heterocycles. The Morgan fingerprint density at radius 2 is 1.71 bits per heavy atom. The first-order valence-electron chi connectivity index (χ1n) is 8.90. The molecule has 28 heavy (non-hydrogen) atoms. The van der Waals surface area contributed by atoms with E-state index in [1.165, 1.54) is 6.07 Å². The van der Waals surface area contributed by atoms with E-state index in [4.69, 9.17) is 0 Å². The highest BCUT2D eigenvalue weighted by Gasteiger charge is 2.17. The van der Waals surface area contributed by atoms with Gasteiger partial charge in [0.25, 0.3) is 0 Å². The summed E-state index contributed by atoms with van der Waals surface area (Å²) < 4.78 is 30.2. The Hall–Kier alpha value is -3.47. The van der Waals surface area contributed by atoms with E-state index in [-0.39, 0.29) is 18.0 Å². The van der Waals surface area contributed by atoms with Crippen molar-refractivity contribution in [1.29, 1.82) is 0 Å². The Morgan fingerprint density at radius 3 is 2.50 bits per heavy atom. The highest BCUT2D eigenvalue weighted by molar-refractivity contribution is 5.99. The quantitative estimate of drug-likeness (QED) is 0.515.